The fourth-order valence-electron chi connectivity index (χ4n) is 2.71. The molecule has 96 valence electrons. The Morgan fingerprint density at radius 3 is 3.00 bits per heavy atom. The van der Waals surface area contributed by atoms with E-state index < -0.39 is 0 Å². The summed E-state index contributed by atoms with van der Waals surface area (Å²) < 4.78 is 10.3. The second-order valence-corrected chi connectivity index (χ2v) is 5.44. The fraction of sp³-hybridized carbons (Fsp3) is 0.231. The van der Waals surface area contributed by atoms with Crippen molar-refractivity contribution in [3.63, 3.8) is 0 Å². The molecule has 4 rings (SSSR count). The van der Waals surface area contributed by atoms with Crippen molar-refractivity contribution < 1.29 is 4.74 Å². The SMILES string of the molecule is Cc1ccc2c3c1c(=O)c1c(=O)[nH]sc1n3CCO2. The van der Waals surface area contributed by atoms with Gasteiger partial charge in [0.05, 0.1) is 17.4 Å². The predicted octanol–water partition coefficient (Wildman–Crippen LogP) is 1.61. The van der Waals surface area contributed by atoms with Crippen molar-refractivity contribution in [3.8, 4) is 5.75 Å². The number of H-pyrrole nitrogens is 1. The zero-order chi connectivity index (χ0) is 13.1. The molecule has 0 saturated carbocycles. The molecule has 0 amide bonds. The molecular weight excluding hydrogens is 264 g/mol. The normalized spacial score (nSPS) is 13.9. The fourth-order valence-corrected chi connectivity index (χ4v) is 3.59. The number of hydrogen-bond acceptors (Lipinski definition) is 4. The van der Waals surface area contributed by atoms with Crippen LogP contribution in [-0.2, 0) is 6.54 Å². The Balaban J connectivity index is 2.46. The van der Waals surface area contributed by atoms with Crippen LogP contribution in [0, 0.1) is 6.92 Å². The summed E-state index contributed by atoms with van der Waals surface area (Å²) in [7, 11) is 0. The third-order valence-corrected chi connectivity index (χ3v) is 4.48. The van der Waals surface area contributed by atoms with Crippen LogP contribution in [-0.4, -0.2) is 15.5 Å². The Morgan fingerprint density at radius 2 is 2.16 bits per heavy atom. The van der Waals surface area contributed by atoms with Gasteiger partial charge in [0.2, 0.25) is 5.43 Å². The van der Waals surface area contributed by atoms with E-state index >= 15 is 0 Å². The highest BCUT2D eigenvalue weighted by atomic mass is 32.1. The molecule has 0 spiro atoms. The average molecular weight is 274 g/mol. The quantitative estimate of drug-likeness (QED) is 0.677. The van der Waals surface area contributed by atoms with E-state index in [1.165, 1.54) is 11.5 Å². The minimum absolute atomic E-state index is 0.200. The molecule has 1 N–H and O–H groups in total. The number of pyridine rings is 1. The number of fused-ring (bicyclic) bond motifs is 2. The van der Waals surface area contributed by atoms with Gasteiger partial charge >= 0.3 is 0 Å². The van der Waals surface area contributed by atoms with Crippen molar-refractivity contribution in [3.05, 3.63) is 38.3 Å². The second kappa shape index (κ2) is 3.48. The average Bonchev–Trinajstić information content (AvgIpc) is 2.79. The smallest absolute Gasteiger partial charge is 0.271 e. The molecule has 0 saturated heterocycles. The highest BCUT2D eigenvalue weighted by molar-refractivity contribution is 7.12. The summed E-state index contributed by atoms with van der Waals surface area (Å²) in [4.78, 5) is 25.1. The lowest BCUT2D eigenvalue weighted by molar-refractivity contribution is 0.289. The third-order valence-electron chi connectivity index (χ3n) is 3.57. The molecule has 0 aliphatic carbocycles. The van der Waals surface area contributed by atoms with Crippen molar-refractivity contribution in [2.45, 2.75) is 13.5 Å². The first kappa shape index (κ1) is 10.8. The standard InChI is InChI=1S/C13H10N2O3S/c1-6-2-3-7-10-8(6)11(16)9-12(17)14-19-13(9)15(10)4-5-18-7/h2-3H,4-5H2,1H3,(H,14,17). The second-order valence-electron chi connectivity index (χ2n) is 4.65. The summed E-state index contributed by atoms with van der Waals surface area (Å²) in [6.45, 7) is 3.08. The van der Waals surface area contributed by atoms with Gasteiger partial charge in [-0.1, -0.05) is 6.07 Å². The third kappa shape index (κ3) is 1.24. The van der Waals surface area contributed by atoms with Crippen LogP contribution >= 0.6 is 11.5 Å². The van der Waals surface area contributed by atoms with Crippen LogP contribution in [0.4, 0.5) is 0 Å². The van der Waals surface area contributed by atoms with E-state index in [1.54, 1.807) is 0 Å². The van der Waals surface area contributed by atoms with Gasteiger partial charge in [0.25, 0.3) is 5.56 Å². The van der Waals surface area contributed by atoms with E-state index in [9.17, 15) is 9.59 Å². The molecule has 0 atom stereocenters. The van der Waals surface area contributed by atoms with E-state index in [0.717, 1.165) is 11.1 Å². The summed E-state index contributed by atoms with van der Waals surface area (Å²) in [6, 6.07) is 3.75. The molecule has 0 bridgehead atoms. The molecule has 0 unspecified atom stereocenters. The number of benzene rings is 1. The maximum Gasteiger partial charge on any atom is 0.271 e. The van der Waals surface area contributed by atoms with Gasteiger partial charge in [0, 0.05) is 0 Å². The molecule has 3 heterocycles. The first-order valence-corrected chi connectivity index (χ1v) is 6.80. The zero-order valence-electron chi connectivity index (χ0n) is 10.1. The zero-order valence-corrected chi connectivity index (χ0v) is 11.0. The van der Waals surface area contributed by atoms with Gasteiger partial charge in [-0.3, -0.25) is 14.0 Å². The van der Waals surface area contributed by atoms with Gasteiger partial charge in [0.15, 0.2) is 0 Å². The van der Waals surface area contributed by atoms with Crippen molar-refractivity contribution in [2.24, 2.45) is 0 Å². The number of rotatable bonds is 0. The number of nitrogens with one attached hydrogen (secondary N) is 1. The van der Waals surface area contributed by atoms with E-state index in [2.05, 4.69) is 4.37 Å². The molecule has 1 aliphatic rings. The molecule has 1 aromatic carbocycles. The molecular formula is C13H10N2O3S. The molecule has 1 aliphatic heterocycles. The molecule has 0 fully saturated rings. The van der Waals surface area contributed by atoms with Crippen LogP contribution in [0.15, 0.2) is 21.7 Å². The van der Waals surface area contributed by atoms with Crippen molar-refractivity contribution >= 4 is 32.7 Å². The molecule has 5 nitrogen and oxygen atoms in total. The lowest BCUT2D eigenvalue weighted by Gasteiger charge is -2.21. The van der Waals surface area contributed by atoms with Gasteiger partial charge < -0.3 is 9.30 Å². The maximum atomic E-state index is 12.6. The van der Waals surface area contributed by atoms with E-state index in [-0.39, 0.29) is 16.4 Å². The minimum atomic E-state index is -0.299. The number of aromatic amines is 1. The first-order valence-electron chi connectivity index (χ1n) is 5.98. The first-order chi connectivity index (χ1) is 9.18. The van der Waals surface area contributed by atoms with Gasteiger partial charge in [-0.05, 0) is 30.1 Å². The molecule has 3 aromatic rings. The predicted molar refractivity (Wildman–Crippen MR) is 74.4 cm³/mol. The molecule has 6 heteroatoms. The van der Waals surface area contributed by atoms with Gasteiger partial charge in [-0.15, -0.1) is 0 Å². The summed E-state index contributed by atoms with van der Waals surface area (Å²) in [5.74, 6) is 0.715. The summed E-state index contributed by atoms with van der Waals surface area (Å²) >= 11 is 1.21. The number of hydrogen-bond donors (Lipinski definition) is 1. The molecule has 0 radical (unpaired) electrons. The van der Waals surface area contributed by atoms with Crippen LogP contribution in [0.25, 0.3) is 21.1 Å². The Kier molecular flexibility index (Phi) is 1.98. The highest BCUT2D eigenvalue weighted by Crippen LogP contribution is 2.32. The number of aryl methyl sites for hydroxylation is 1. The van der Waals surface area contributed by atoms with E-state index in [0.29, 0.717) is 29.1 Å². The van der Waals surface area contributed by atoms with Gasteiger partial charge in [-0.2, -0.15) is 0 Å². The lowest BCUT2D eigenvalue weighted by Crippen LogP contribution is -2.22. The van der Waals surface area contributed by atoms with Gasteiger partial charge in [0.1, 0.15) is 22.6 Å². The number of nitrogens with zero attached hydrogens (tertiary/aromatic N) is 1. The highest BCUT2D eigenvalue weighted by Gasteiger charge is 2.22. The lowest BCUT2D eigenvalue weighted by atomic mass is 10.1. The van der Waals surface area contributed by atoms with Crippen LogP contribution in [0.5, 0.6) is 5.75 Å². The molecule has 2 aromatic heterocycles. The Morgan fingerprint density at radius 1 is 1.32 bits per heavy atom. The van der Waals surface area contributed by atoms with Crippen LogP contribution in [0.3, 0.4) is 0 Å². The van der Waals surface area contributed by atoms with Crippen molar-refractivity contribution in [1.82, 2.24) is 8.94 Å². The number of aromatic nitrogens is 2. The van der Waals surface area contributed by atoms with Crippen molar-refractivity contribution in [2.75, 3.05) is 6.61 Å². The largest absolute Gasteiger partial charge is 0.490 e. The van der Waals surface area contributed by atoms with Crippen LogP contribution in [0.1, 0.15) is 5.56 Å². The maximum absolute atomic E-state index is 12.6. The molecule has 19 heavy (non-hydrogen) atoms. The summed E-state index contributed by atoms with van der Waals surface area (Å²) in [5, 5.41) is 0.855. The minimum Gasteiger partial charge on any atom is -0.490 e. The van der Waals surface area contributed by atoms with Crippen LogP contribution in [0.2, 0.25) is 0 Å². The summed E-state index contributed by atoms with van der Waals surface area (Å²) in [5.41, 5.74) is 1.18. The Bertz CT molecular complexity index is 948. The Labute approximate surface area is 111 Å². The van der Waals surface area contributed by atoms with E-state index in [4.69, 9.17) is 4.74 Å². The topological polar surface area (TPSA) is 64.1 Å². The van der Waals surface area contributed by atoms with E-state index in [1.807, 2.05) is 23.6 Å². The Hall–Kier alpha value is -2.08. The van der Waals surface area contributed by atoms with Crippen LogP contribution < -0.4 is 15.7 Å². The number of ether oxygens (including phenoxy) is 1. The van der Waals surface area contributed by atoms with Gasteiger partial charge in [-0.25, -0.2) is 0 Å². The monoisotopic (exact) mass is 274 g/mol. The summed E-state index contributed by atoms with van der Waals surface area (Å²) in [6.07, 6.45) is 0. The van der Waals surface area contributed by atoms with Crippen molar-refractivity contribution in [1.29, 1.82) is 0 Å².